The molecule has 0 amide bonds. The number of carbonyl (C=O) groups is 1. The number of ether oxygens (including phenoxy) is 2. The lowest BCUT2D eigenvalue weighted by atomic mass is 9.93. The standard InChI is InChI=1S/C13H20O3/c1-6-7-8-10-9(2)15-12(13(3,4)5)16-11(10)14/h6,8-10,12H,1-5H3/t7?,9-,10+,12-/m1/s1. The fourth-order valence-corrected chi connectivity index (χ4v) is 1.47. The number of esters is 1. The monoisotopic (exact) mass is 224 g/mol. The van der Waals surface area contributed by atoms with Crippen LogP contribution < -0.4 is 0 Å². The molecule has 0 aromatic rings. The van der Waals surface area contributed by atoms with Gasteiger partial charge in [0.2, 0.25) is 6.29 Å². The molecule has 0 aromatic carbocycles. The van der Waals surface area contributed by atoms with E-state index in [0.29, 0.717) is 0 Å². The highest BCUT2D eigenvalue weighted by molar-refractivity contribution is 5.75. The molecule has 3 nitrogen and oxygen atoms in total. The van der Waals surface area contributed by atoms with E-state index in [1.165, 1.54) is 0 Å². The van der Waals surface area contributed by atoms with Gasteiger partial charge in [-0.1, -0.05) is 20.8 Å². The molecule has 0 spiro atoms. The first-order valence-corrected chi connectivity index (χ1v) is 5.59. The molecule has 1 saturated heterocycles. The van der Waals surface area contributed by atoms with Gasteiger partial charge in [-0.3, -0.25) is 4.79 Å². The molecule has 0 saturated carbocycles. The minimum Gasteiger partial charge on any atom is -0.435 e. The van der Waals surface area contributed by atoms with Gasteiger partial charge in [0.25, 0.3) is 0 Å². The zero-order chi connectivity index (χ0) is 12.3. The summed E-state index contributed by atoms with van der Waals surface area (Å²) in [6.45, 7) is 9.70. The Morgan fingerprint density at radius 3 is 2.44 bits per heavy atom. The third-order valence-electron chi connectivity index (χ3n) is 2.49. The van der Waals surface area contributed by atoms with Gasteiger partial charge in [-0.25, -0.2) is 0 Å². The van der Waals surface area contributed by atoms with E-state index in [1.807, 2.05) is 34.6 Å². The lowest BCUT2D eigenvalue weighted by Crippen LogP contribution is -2.46. The van der Waals surface area contributed by atoms with Crippen molar-refractivity contribution >= 4 is 5.97 Å². The molecule has 16 heavy (non-hydrogen) atoms. The normalized spacial score (nSPS) is 30.3. The van der Waals surface area contributed by atoms with Gasteiger partial charge in [-0.2, -0.15) is 0 Å². The first kappa shape index (κ1) is 13.0. The van der Waals surface area contributed by atoms with Crippen molar-refractivity contribution in [2.24, 2.45) is 11.3 Å². The molecule has 0 N–H and O–H groups in total. The van der Waals surface area contributed by atoms with Crippen molar-refractivity contribution in [1.82, 2.24) is 0 Å². The highest BCUT2D eigenvalue weighted by atomic mass is 16.7. The summed E-state index contributed by atoms with van der Waals surface area (Å²) in [5.74, 6) is -0.581. The molecule has 0 unspecified atom stereocenters. The molecule has 1 fully saturated rings. The van der Waals surface area contributed by atoms with Crippen LogP contribution in [0.25, 0.3) is 0 Å². The molecule has 0 aliphatic carbocycles. The zero-order valence-electron chi connectivity index (χ0n) is 10.6. The lowest BCUT2D eigenvalue weighted by molar-refractivity contribution is -0.249. The number of hydrogen-bond donors (Lipinski definition) is 0. The maximum Gasteiger partial charge on any atom is 0.318 e. The minimum absolute atomic E-state index is 0.169. The molecule has 3 atom stereocenters. The maximum atomic E-state index is 11.8. The number of hydrogen-bond acceptors (Lipinski definition) is 3. The van der Waals surface area contributed by atoms with E-state index < -0.39 is 6.29 Å². The lowest BCUT2D eigenvalue weighted by Gasteiger charge is -2.38. The van der Waals surface area contributed by atoms with Crippen molar-refractivity contribution in [1.29, 1.82) is 0 Å². The Morgan fingerprint density at radius 2 is 2.00 bits per heavy atom. The second-order valence-electron chi connectivity index (χ2n) is 5.12. The summed E-state index contributed by atoms with van der Waals surface area (Å²) in [7, 11) is 0. The van der Waals surface area contributed by atoms with Crippen LogP contribution in [0.4, 0.5) is 0 Å². The van der Waals surface area contributed by atoms with Crippen LogP contribution in [0.1, 0.15) is 34.6 Å². The molecule has 3 heteroatoms. The minimum atomic E-state index is -0.467. The smallest absolute Gasteiger partial charge is 0.318 e. The van der Waals surface area contributed by atoms with E-state index in [9.17, 15) is 4.79 Å². The van der Waals surface area contributed by atoms with E-state index in [0.717, 1.165) is 0 Å². The Hall–Kier alpha value is -1.05. The summed E-state index contributed by atoms with van der Waals surface area (Å²) in [4.78, 5) is 11.8. The first-order chi connectivity index (χ1) is 7.36. The molecule has 1 heterocycles. The van der Waals surface area contributed by atoms with Crippen LogP contribution in [0, 0.1) is 11.3 Å². The van der Waals surface area contributed by atoms with Gasteiger partial charge in [-0.05, 0) is 26.0 Å². The highest BCUT2D eigenvalue weighted by Crippen LogP contribution is 2.31. The molecule has 1 rings (SSSR count). The maximum absolute atomic E-state index is 11.8. The molecule has 0 aromatic heterocycles. The van der Waals surface area contributed by atoms with Crippen LogP contribution in [0.5, 0.6) is 0 Å². The third-order valence-corrected chi connectivity index (χ3v) is 2.49. The van der Waals surface area contributed by atoms with Gasteiger partial charge >= 0.3 is 5.97 Å². The first-order valence-electron chi connectivity index (χ1n) is 5.59. The molecule has 1 aliphatic heterocycles. The Kier molecular flexibility index (Phi) is 3.95. The predicted molar refractivity (Wildman–Crippen MR) is 61.7 cm³/mol. The van der Waals surface area contributed by atoms with Crippen LogP contribution in [-0.2, 0) is 14.3 Å². The number of cyclic esters (lactones) is 1. The van der Waals surface area contributed by atoms with E-state index in [4.69, 9.17) is 9.47 Å². The summed E-state index contributed by atoms with van der Waals surface area (Å²) in [6, 6.07) is 0. The summed E-state index contributed by atoms with van der Waals surface area (Å²) < 4.78 is 11.0. The molecule has 90 valence electrons. The van der Waals surface area contributed by atoms with Crippen molar-refractivity contribution in [2.45, 2.75) is 47.0 Å². The van der Waals surface area contributed by atoms with E-state index in [2.05, 4.69) is 5.73 Å². The highest BCUT2D eigenvalue weighted by Gasteiger charge is 2.40. The van der Waals surface area contributed by atoms with Crippen LogP contribution in [0.3, 0.4) is 0 Å². The van der Waals surface area contributed by atoms with Crippen LogP contribution in [-0.4, -0.2) is 18.4 Å². The number of carbonyl (C=O) groups excluding carboxylic acids is 1. The van der Waals surface area contributed by atoms with Crippen LogP contribution >= 0.6 is 0 Å². The second kappa shape index (κ2) is 4.86. The Labute approximate surface area is 97.1 Å². The van der Waals surface area contributed by atoms with Crippen LogP contribution in [0.15, 0.2) is 17.9 Å². The fourth-order valence-electron chi connectivity index (χ4n) is 1.47. The Bertz CT molecular complexity index is 319. The summed E-state index contributed by atoms with van der Waals surface area (Å²) in [5.41, 5.74) is 2.71. The summed E-state index contributed by atoms with van der Waals surface area (Å²) in [5, 5.41) is 0. The average Bonchev–Trinajstić information content (AvgIpc) is 2.15. The van der Waals surface area contributed by atoms with Crippen molar-refractivity contribution in [3.63, 3.8) is 0 Å². The Balaban J connectivity index is 2.79. The SMILES string of the molecule is CC=C=C[C@@H]1C(=O)O[C@H](C(C)(C)C)O[C@@H]1C. The Morgan fingerprint density at radius 1 is 1.38 bits per heavy atom. The molecular weight excluding hydrogens is 204 g/mol. The summed E-state index contributed by atoms with van der Waals surface area (Å²) in [6.07, 6.45) is 2.82. The van der Waals surface area contributed by atoms with Gasteiger partial charge in [0.1, 0.15) is 5.92 Å². The van der Waals surface area contributed by atoms with Crippen molar-refractivity contribution in [2.75, 3.05) is 0 Å². The molecule has 1 aliphatic rings. The van der Waals surface area contributed by atoms with Crippen molar-refractivity contribution in [3.05, 3.63) is 17.9 Å². The predicted octanol–water partition coefficient (Wildman–Crippen LogP) is 2.67. The van der Waals surface area contributed by atoms with Gasteiger partial charge in [0.05, 0.1) is 6.10 Å². The number of rotatable bonds is 1. The van der Waals surface area contributed by atoms with Crippen LogP contribution in [0.2, 0.25) is 0 Å². The molecular formula is C13H20O3. The molecule has 0 bridgehead atoms. The second-order valence-corrected chi connectivity index (χ2v) is 5.12. The van der Waals surface area contributed by atoms with Gasteiger partial charge in [-0.15, -0.1) is 5.73 Å². The van der Waals surface area contributed by atoms with Gasteiger partial charge in [0, 0.05) is 5.41 Å². The van der Waals surface area contributed by atoms with Crippen molar-refractivity contribution < 1.29 is 14.3 Å². The molecule has 0 radical (unpaired) electrons. The van der Waals surface area contributed by atoms with E-state index >= 15 is 0 Å². The summed E-state index contributed by atoms with van der Waals surface area (Å²) >= 11 is 0. The zero-order valence-corrected chi connectivity index (χ0v) is 10.6. The average molecular weight is 224 g/mol. The van der Waals surface area contributed by atoms with Crippen molar-refractivity contribution in [3.8, 4) is 0 Å². The van der Waals surface area contributed by atoms with E-state index in [1.54, 1.807) is 12.2 Å². The van der Waals surface area contributed by atoms with Gasteiger partial charge < -0.3 is 9.47 Å². The quantitative estimate of drug-likeness (QED) is 0.507. The topological polar surface area (TPSA) is 35.5 Å². The van der Waals surface area contributed by atoms with Gasteiger partial charge in [0.15, 0.2) is 0 Å². The third kappa shape index (κ3) is 2.97. The largest absolute Gasteiger partial charge is 0.435 e. The fraction of sp³-hybridized carbons (Fsp3) is 0.692. The van der Waals surface area contributed by atoms with E-state index in [-0.39, 0.29) is 23.4 Å².